The van der Waals surface area contributed by atoms with Crippen LogP contribution in [0.5, 0.6) is 0 Å². The molecule has 0 unspecified atom stereocenters. The van der Waals surface area contributed by atoms with Crippen molar-refractivity contribution in [3.8, 4) is 0 Å². The van der Waals surface area contributed by atoms with Crippen molar-refractivity contribution in [2.24, 2.45) is 11.8 Å². The van der Waals surface area contributed by atoms with Crippen LogP contribution in [-0.2, 0) is 0 Å². The van der Waals surface area contributed by atoms with E-state index in [1.54, 1.807) is 0 Å². The molecule has 1 saturated heterocycles. The maximum absolute atomic E-state index is 3.49. The molecule has 0 bridgehead atoms. The third-order valence-corrected chi connectivity index (χ3v) is 3.88. The summed E-state index contributed by atoms with van der Waals surface area (Å²) >= 11 is 0. The van der Waals surface area contributed by atoms with Gasteiger partial charge in [0.05, 0.1) is 0 Å². The summed E-state index contributed by atoms with van der Waals surface area (Å²) in [6, 6.07) is 8.83. The average molecular weight is 232 g/mol. The Kier molecular flexibility index (Phi) is 4.06. The van der Waals surface area contributed by atoms with Crippen molar-refractivity contribution in [2.45, 2.75) is 20.8 Å². The van der Waals surface area contributed by atoms with Gasteiger partial charge in [-0.2, -0.15) is 0 Å². The van der Waals surface area contributed by atoms with Crippen molar-refractivity contribution in [1.82, 2.24) is 5.32 Å². The highest BCUT2D eigenvalue weighted by atomic mass is 15.1. The van der Waals surface area contributed by atoms with Crippen LogP contribution in [0.3, 0.4) is 0 Å². The van der Waals surface area contributed by atoms with Crippen LogP contribution in [0.25, 0.3) is 0 Å². The van der Waals surface area contributed by atoms with Crippen LogP contribution in [0, 0.1) is 18.8 Å². The molecule has 2 nitrogen and oxygen atoms in total. The molecule has 1 fully saturated rings. The van der Waals surface area contributed by atoms with Gasteiger partial charge in [-0.25, -0.2) is 0 Å². The van der Waals surface area contributed by atoms with E-state index in [2.05, 4.69) is 55.3 Å². The Bertz CT molecular complexity index is 362. The highest BCUT2D eigenvalue weighted by molar-refractivity contribution is 5.48. The Balaban J connectivity index is 2.06. The fraction of sp³-hybridized carbons (Fsp3) is 0.600. The van der Waals surface area contributed by atoms with Gasteiger partial charge >= 0.3 is 0 Å². The topological polar surface area (TPSA) is 15.3 Å². The quantitative estimate of drug-likeness (QED) is 0.858. The second-order valence-electron chi connectivity index (χ2n) is 5.27. The minimum absolute atomic E-state index is 0.787. The van der Waals surface area contributed by atoms with E-state index >= 15 is 0 Å². The monoisotopic (exact) mass is 232 g/mol. The van der Waals surface area contributed by atoms with Crippen LogP contribution in [-0.4, -0.2) is 26.2 Å². The number of anilines is 1. The van der Waals surface area contributed by atoms with Crippen molar-refractivity contribution in [3.63, 3.8) is 0 Å². The number of aryl methyl sites for hydroxylation is 1. The minimum atomic E-state index is 0.787. The second kappa shape index (κ2) is 5.54. The SMILES string of the molecule is CCN(C[C@@H]1CNC[C@H]1C)c1cccc(C)c1. The normalized spacial score (nSPS) is 23.9. The molecule has 0 saturated carbocycles. The van der Waals surface area contributed by atoms with E-state index in [-0.39, 0.29) is 0 Å². The summed E-state index contributed by atoms with van der Waals surface area (Å²) in [5.74, 6) is 1.59. The van der Waals surface area contributed by atoms with Crippen molar-refractivity contribution < 1.29 is 0 Å². The summed E-state index contributed by atoms with van der Waals surface area (Å²) in [6.45, 7) is 11.4. The predicted octanol–water partition coefficient (Wildman–Crippen LogP) is 2.68. The Morgan fingerprint density at radius 1 is 1.35 bits per heavy atom. The van der Waals surface area contributed by atoms with E-state index in [1.807, 2.05) is 0 Å². The fourth-order valence-electron chi connectivity index (χ4n) is 2.63. The summed E-state index contributed by atoms with van der Waals surface area (Å²) in [5, 5.41) is 3.49. The molecule has 0 spiro atoms. The molecule has 2 rings (SSSR count). The van der Waals surface area contributed by atoms with Gasteiger partial charge in [0.2, 0.25) is 0 Å². The molecule has 1 heterocycles. The molecule has 0 radical (unpaired) electrons. The van der Waals surface area contributed by atoms with Gasteiger partial charge < -0.3 is 10.2 Å². The van der Waals surface area contributed by atoms with Crippen molar-refractivity contribution in [1.29, 1.82) is 0 Å². The van der Waals surface area contributed by atoms with Gasteiger partial charge in [-0.1, -0.05) is 19.1 Å². The van der Waals surface area contributed by atoms with Crippen LogP contribution in [0.2, 0.25) is 0 Å². The number of benzene rings is 1. The Labute approximate surface area is 105 Å². The largest absolute Gasteiger partial charge is 0.371 e. The maximum atomic E-state index is 3.49. The van der Waals surface area contributed by atoms with Crippen molar-refractivity contribution in [2.75, 3.05) is 31.1 Å². The molecule has 1 aromatic rings. The van der Waals surface area contributed by atoms with E-state index in [0.29, 0.717) is 0 Å². The molecule has 0 amide bonds. The van der Waals surface area contributed by atoms with E-state index in [1.165, 1.54) is 30.9 Å². The lowest BCUT2D eigenvalue weighted by molar-refractivity contribution is 0.449. The number of hydrogen-bond donors (Lipinski definition) is 1. The van der Waals surface area contributed by atoms with Crippen LogP contribution in [0.15, 0.2) is 24.3 Å². The van der Waals surface area contributed by atoms with Crippen molar-refractivity contribution in [3.05, 3.63) is 29.8 Å². The molecule has 17 heavy (non-hydrogen) atoms. The van der Waals surface area contributed by atoms with Crippen LogP contribution in [0.4, 0.5) is 5.69 Å². The maximum Gasteiger partial charge on any atom is 0.0368 e. The van der Waals surface area contributed by atoms with Gasteiger partial charge in [-0.05, 0) is 56.5 Å². The minimum Gasteiger partial charge on any atom is -0.371 e. The first kappa shape index (κ1) is 12.4. The van der Waals surface area contributed by atoms with Gasteiger partial charge in [0.25, 0.3) is 0 Å². The first-order valence-electron chi connectivity index (χ1n) is 6.73. The van der Waals surface area contributed by atoms with Gasteiger partial charge in [0.15, 0.2) is 0 Å². The van der Waals surface area contributed by atoms with Gasteiger partial charge in [0, 0.05) is 18.8 Å². The first-order chi connectivity index (χ1) is 8.20. The lowest BCUT2D eigenvalue weighted by Crippen LogP contribution is -2.32. The van der Waals surface area contributed by atoms with E-state index in [4.69, 9.17) is 0 Å². The number of hydrogen-bond acceptors (Lipinski definition) is 2. The van der Waals surface area contributed by atoms with Crippen molar-refractivity contribution >= 4 is 5.69 Å². The first-order valence-corrected chi connectivity index (χ1v) is 6.73. The van der Waals surface area contributed by atoms with E-state index in [9.17, 15) is 0 Å². The highest BCUT2D eigenvalue weighted by Gasteiger charge is 2.24. The van der Waals surface area contributed by atoms with Crippen LogP contribution in [0.1, 0.15) is 19.4 Å². The van der Waals surface area contributed by atoms with Crippen LogP contribution >= 0.6 is 0 Å². The summed E-state index contributed by atoms with van der Waals surface area (Å²) < 4.78 is 0. The Morgan fingerprint density at radius 3 is 2.76 bits per heavy atom. The molecule has 0 aliphatic carbocycles. The van der Waals surface area contributed by atoms with E-state index < -0.39 is 0 Å². The predicted molar refractivity (Wildman–Crippen MR) is 74.6 cm³/mol. The number of nitrogens with zero attached hydrogens (tertiary/aromatic N) is 1. The molecular formula is C15H24N2. The van der Waals surface area contributed by atoms with E-state index in [0.717, 1.165) is 18.4 Å². The van der Waals surface area contributed by atoms with Crippen LogP contribution < -0.4 is 10.2 Å². The zero-order chi connectivity index (χ0) is 12.3. The molecule has 1 aliphatic rings. The zero-order valence-corrected chi connectivity index (χ0v) is 11.2. The third kappa shape index (κ3) is 3.01. The molecule has 94 valence electrons. The summed E-state index contributed by atoms with van der Waals surface area (Å²) in [6.07, 6.45) is 0. The standard InChI is InChI=1S/C15H24N2/c1-4-17(11-14-10-16-9-13(14)3)15-7-5-6-12(2)8-15/h5-8,13-14,16H,4,9-11H2,1-3H3/t13-,14+/m1/s1. The summed E-state index contributed by atoms with van der Waals surface area (Å²) in [7, 11) is 0. The molecular weight excluding hydrogens is 208 g/mol. The summed E-state index contributed by atoms with van der Waals surface area (Å²) in [4.78, 5) is 2.50. The molecule has 1 N–H and O–H groups in total. The lowest BCUT2D eigenvalue weighted by atomic mass is 9.97. The molecule has 2 heteroatoms. The summed E-state index contributed by atoms with van der Waals surface area (Å²) in [5.41, 5.74) is 2.71. The molecule has 1 aromatic carbocycles. The smallest absolute Gasteiger partial charge is 0.0368 e. The second-order valence-corrected chi connectivity index (χ2v) is 5.27. The molecule has 2 atom stereocenters. The molecule has 0 aromatic heterocycles. The Morgan fingerprint density at radius 2 is 2.18 bits per heavy atom. The van der Waals surface area contributed by atoms with Gasteiger partial charge in [0.1, 0.15) is 0 Å². The number of rotatable bonds is 4. The average Bonchev–Trinajstić information content (AvgIpc) is 2.71. The third-order valence-electron chi connectivity index (χ3n) is 3.88. The van der Waals surface area contributed by atoms with Gasteiger partial charge in [-0.3, -0.25) is 0 Å². The Hall–Kier alpha value is -1.02. The molecule has 1 aliphatic heterocycles. The lowest BCUT2D eigenvalue weighted by Gasteiger charge is -2.28. The fourth-order valence-corrected chi connectivity index (χ4v) is 2.63. The number of nitrogens with one attached hydrogen (secondary N) is 1. The highest BCUT2D eigenvalue weighted by Crippen LogP contribution is 2.22. The van der Waals surface area contributed by atoms with Gasteiger partial charge in [-0.15, -0.1) is 0 Å². The zero-order valence-electron chi connectivity index (χ0n) is 11.2.